The molecule has 0 saturated heterocycles. The molecule has 1 atom stereocenters. The third kappa shape index (κ3) is 2.86. The summed E-state index contributed by atoms with van der Waals surface area (Å²) >= 11 is 8.42. The second-order valence-corrected chi connectivity index (χ2v) is 6.37. The van der Waals surface area contributed by atoms with Crippen molar-refractivity contribution in [1.29, 1.82) is 0 Å². The van der Waals surface area contributed by atoms with Gasteiger partial charge in [0.05, 0.1) is 17.1 Å². The van der Waals surface area contributed by atoms with Gasteiger partial charge in [-0.25, -0.2) is 4.79 Å². The Hall–Kier alpha value is -1.31. The predicted octanol–water partition coefficient (Wildman–Crippen LogP) is 3.42. The number of H-pyrrole nitrogens is 2. The van der Waals surface area contributed by atoms with Crippen LogP contribution in [0.3, 0.4) is 0 Å². The van der Waals surface area contributed by atoms with Gasteiger partial charge in [-0.3, -0.25) is 0 Å². The highest BCUT2D eigenvalue weighted by Gasteiger charge is 2.16. The molecule has 0 aliphatic heterocycles. The molecule has 0 saturated carbocycles. The predicted molar refractivity (Wildman–Crippen MR) is 94.0 cm³/mol. The highest BCUT2D eigenvalue weighted by molar-refractivity contribution is 14.1. The summed E-state index contributed by atoms with van der Waals surface area (Å²) in [5.74, 6) is 0. The lowest BCUT2D eigenvalue weighted by Gasteiger charge is -2.19. The maximum Gasteiger partial charge on any atom is 0.323 e. The molecule has 3 aromatic rings. The summed E-state index contributed by atoms with van der Waals surface area (Å²) in [6.45, 7) is 0. The van der Waals surface area contributed by atoms with Crippen LogP contribution in [0.5, 0.6) is 0 Å². The fourth-order valence-electron chi connectivity index (χ4n) is 2.47. The summed E-state index contributed by atoms with van der Waals surface area (Å²) in [5, 5.41) is 4.02. The number of aromatic amines is 2. The Morgan fingerprint density at radius 1 is 1.14 bits per heavy atom. The molecule has 4 nitrogen and oxygen atoms in total. The van der Waals surface area contributed by atoms with Crippen molar-refractivity contribution in [3.05, 3.63) is 66.6 Å². The van der Waals surface area contributed by atoms with Crippen LogP contribution in [0.15, 0.2) is 41.2 Å². The lowest BCUT2D eigenvalue weighted by Crippen LogP contribution is -2.18. The lowest BCUT2D eigenvalue weighted by atomic mass is 9.98. The Balaban J connectivity index is 2.12. The van der Waals surface area contributed by atoms with Gasteiger partial charge < -0.3 is 15.3 Å². The molecule has 0 aliphatic carbocycles. The minimum absolute atomic E-state index is 0.0124. The molecule has 1 heterocycles. The number of benzene rings is 2. The van der Waals surface area contributed by atoms with Crippen molar-refractivity contribution < 1.29 is 0 Å². The van der Waals surface area contributed by atoms with Gasteiger partial charge in [0, 0.05) is 8.59 Å². The molecular formula is C15H13ClIN3O. The van der Waals surface area contributed by atoms with Crippen molar-refractivity contribution in [2.75, 3.05) is 7.05 Å². The van der Waals surface area contributed by atoms with E-state index in [1.54, 1.807) is 0 Å². The Bertz CT molecular complexity index is 855. The van der Waals surface area contributed by atoms with E-state index in [0.29, 0.717) is 5.02 Å². The average Bonchev–Trinajstić information content (AvgIpc) is 2.83. The first-order valence-electron chi connectivity index (χ1n) is 6.42. The Morgan fingerprint density at radius 2 is 1.90 bits per heavy atom. The molecule has 0 spiro atoms. The summed E-state index contributed by atoms with van der Waals surface area (Å²) in [4.78, 5) is 16.9. The lowest BCUT2D eigenvalue weighted by molar-refractivity contribution is 0.689. The largest absolute Gasteiger partial charge is 0.323 e. The molecular weight excluding hydrogens is 401 g/mol. The SMILES string of the molecule is CNC(c1ccc2[nH]c(=O)[nH]c2c1)c1cc(Cl)ccc1I. The van der Waals surface area contributed by atoms with E-state index in [0.717, 1.165) is 25.7 Å². The van der Waals surface area contributed by atoms with Crippen LogP contribution in [0.2, 0.25) is 5.02 Å². The number of hydrogen-bond acceptors (Lipinski definition) is 2. The van der Waals surface area contributed by atoms with Crippen molar-refractivity contribution in [3.8, 4) is 0 Å². The van der Waals surface area contributed by atoms with E-state index >= 15 is 0 Å². The van der Waals surface area contributed by atoms with E-state index in [1.807, 2.05) is 43.4 Å². The Morgan fingerprint density at radius 3 is 2.67 bits per heavy atom. The summed E-state index contributed by atoms with van der Waals surface area (Å²) in [5.41, 5.74) is 3.60. The monoisotopic (exact) mass is 413 g/mol. The van der Waals surface area contributed by atoms with Gasteiger partial charge in [-0.1, -0.05) is 17.7 Å². The topological polar surface area (TPSA) is 60.7 Å². The van der Waals surface area contributed by atoms with Crippen molar-refractivity contribution in [2.24, 2.45) is 0 Å². The summed E-state index contributed by atoms with van der Waals surface area (Å²) in [7, 11) is 1.91. The zero-order valence-corrected chi connectivity index (χ0v) is 14.1. The fraction of sp³-hybridized carbons (Fsp3) is 0.133. The van der Waals surface area contributed by atoms with Crippen molar-refractivity contribution >= 4 is 45.2 Å². The molecule has 3 rings (SSSR count). The number of imidazole rings is 1. The third-order valence-electron chi connectivity index (χ3n) is 3.43. The zero-order chi connectivity index (χ0) is 15.0. The van der Waals surface area contributed by atoms with Gasteiger partial charge >= 0.3 is 5.69 Å². The molecule has 1 aromatic heterocycles. The second kappa shape index (κ2) is 5.82. The quantitative estimate of drug-likeness (QED) is 0.576. The number of nitrogens with one attached hydrogen (secondary N) is 3. The maximum absolute atomic E-state index is 11.4. The van der Waals surface area contributed by atoms with Crippen LogP contribution in [-0.4, -0.2) is 17.0 Å². The van der Waals surface area contributed by atoms with E-state index in [2.05, 4.69) is 37.9 Å². The smallest absolute Gasteiger partial charge is 0.309 e. The van der Waals surface area contributed by atoms with Gasteiger partial charge in [-0.15, -0.1) is 0 Å². The highest BCUT2D eigenvalue weighted by Crippen LogP contribution is 2.29. The summed E-state index contributed by atoms with van der Waals surface area (Å²) in [6.07, 6.45) is 0. The average molecular weight is 414 g/mol. The summed E-state index contributed by atoms with van der Waals surface area (Å²) < 4.78 is 1.14. The van der Waals surface area contributed by atoms with Crippen LogP contribution in [0, 0.1) is 3.57 Å². The number of halogens is 2. The van der Waals surface area contributed by atoms with E-state index in [9.17, 15) is 4.79 Å². The first-order chi connectivity index (χ1) is 10.1. The molecule has 0 fully saturated rings. The fourth-order valence-corrected chi connectivity index (χ4v) is 3.29. The van der Waals surface area contributed by atoms with Gasteiger partial charge in [-0.2, -0.15) is 0 Å². The minimum atomic E-state index is -0.194. The van der Waals surface area contributed by atoms with E-state index < -0.39 is 0 Å². The first-order valence-corrected chi connectivity index (χ1v) is 7.88. The zero-order valence-electron chi connectivity index (χ0n) is 11.2. The molecule has 2 aromatic carbocycles. The number of aromatic nitrogens is 2. The normalized spacial score (nSPS) is 12.7. The van der Waals surface area contributed by atoms with Crippen LogP contribution in [0.4, 0.5) is 0 Å². The van der Waals surface area contributed by atoms with Crippen molar-refractivity contribution in [3.63, 3.8) is 0 Å². The standard InChI is InChI=1S/C15H13ClIN3O/c1-18-14(10-7-9(16)3-4-11(10)17)8-2-5-12-13(6-8)20-15(21)19-12/h2-7,14,18H,1H3,(H2,19,20,21). The second-order valence-electron chi connectivity index (χ2n) is 4.77. The van der Waals surface area contributed by atoms with Crippen molar-refractivity contribution in [2.45, 2.75) is 6.04 Å². The molecule has 3 N–H and O–H groups in total. The molecule has 1 unspecified atom stereocenters. The number of rotatable bonds is 3. The van der Waals surface area contributed by atoms with E-state index in [1.165, 1.54) is 0 Å². The van der Waals surface area contributed by atoms with E-state index in [-0.39, 0.29) is 11.7 Å². The van der Waals surface area contributed by atoms with Gasteiger partial charge in [0.25, 0.3) is 0 Å². The molecule has 6 heteroatoms. The Kier molecular flexibility index (Phi) is 4.05. The van der Waals surface area contributed by atoms with Gasteiger partial charge in [0.15, 0.2) is 0 Å². The minimum Gasteiger partial charge on any atom is -0.309 e. The third-order valence-corrected chi connectivity index (χ3v) is 4.65. The van der Waals surface area contributed by atoms with Crippen LogP contribution < -0.4 is 11.0 Å². The van der Waals surface area contributed by atoms with Crippen LogP contribution in [0.25, 0.3) is 11.0 Å². The van der Waals surface area contributed by atoms with Gasteiger partial charge in [0.2, 0.25) is 0 Å². The summed E-state index contributed by atoms with van der Waals surface area (Å²) in [6, 6.07) is 11.7. The maximum atomic E-state index is 11.4. The van der Waals surface area contributed by atoms with Crippen LogP contribution in [0.1, 0.15) is 17.2 Å². The molecule has 0 amide bonds. The molecule has 21 heavy (non-hydrogen) atoms. The molecule has 0 aliphatic rings. The Labute approximate surface area is 140 Å². The molecule has 108 valence electrons. The van der Waals surface area contributed by atoms with Crippen LogP contribution in [-0.2, 0) is 0 Å². The number of hydrogen-bond donors (Lipinski definition) is 3. The van der Waals surface area contributed by atoms with Gasteiger partial charge in [-0.05, 0) is 71.1 Å². The van der Waals surface area contributed by atoms with Gasteiger partial charge in [0.1, 0.15) is 0 Å². The van der Waals surface area contributed by atoms with E-state index in [4.69, 9.17) is 11.6 Å². The molecule has 0 radical (unpaired) electrons. The molecule has 0 bridgehead atoms. The van der Waals surface area contributed by atoms with Crippen molar-refractivity contribution in [1.82, 2.24) is 15.3 Å². The van der Waals surface area contributed by atoms with Crippen LogP contribution >= 0.6 is 34.2 Å². The highest BCUT2D eigenvalue weighted by atomic mass is 127. The first kappa shape index (κ1) is 14.6. The number of fused-ring (bicyclic) bond motifs is 1.